The van der Waals surface area contributed by atoms with E-state index in [4.69, 9.17) is 10.00 Å². The third kappa shape index (κ3) is 5.79. The second kappa shape index (κ2) is 8.22. The van der Waals surface area contributed by atoms with Crippen LogP contribution in [-0.2, 0) is 0 Å². The Hall–Kier alpha value is -2.13. The fourth-order valence-corrected chi connectivity index (χ4v) is 2.03. The molecule has 0 aromatic heterocycles. The van der Waals surface area contributed by atoms with Crippen LogP contribution in [0.4, 0.5) is 5.69 Å². The standard InChI is InChI=1S/C15H21N3O3/c1-3-17-15(2,12-16)9-4-5-10-21-14-8-6-7-13(11-14)18(19)20/h6-8,11,17H,3-5,9-10H2,1-2H3. The average molecular weight is 291 g/mol. The summed E-state index contributed by atoms with van der Waals surface area (Å²) in [7, 11) is 0. The number of unbranched alkanes of at least 4 members (excludes halogenated alkanes) is 1. The largest absolute Gasteiger partial charge is 0.493 e. The van der Waals surface area contributed by atoms with Crippen LogP contribution in [0.5, 0.6) is 5.75 Å². The minimum Gasteiger partial charge on any atom is -0.493 e. The van der Waals surface area contributed by atoms with E-state index in [9.17, 15) is 10.1 Å². The van der Waals surface area contributed by atoms with Crippen molar-refractivity contribution in [2.45, 2.75) is 38.6 Å². The van der Waals surface area contributed by atoms with E-state index in [1.54, 1.807) is 12.1 Å². The monoisotopic (exact) mass is 291 g/mol. The molecule has 0 bridgehead atoms. The molecule has 0 amide bonds. The summed E-state index contributed by atoms with van der Waals surface area (Å²) >= 11 is 0. The van der Waals surface area contributed by atoms with Crippen molar-refractivity contribution in [3.05, 3.63) is 34.4 Å². The lowest BCUT2D eigenvalue weighted by Crippen LogP contribution is -2.40. The summed E-state index contributed by atoms with van der Waals surface area (Å²) in [5.41, 5.74) is -0.475. The molecule has 21 heavy (non-hydrogen) atoms. The minimum atomic E-state index is -0.500. The molecule has 1 aromatic rings. The van der Waals surface area contributed by atoms with Crippen molar-refractivity contribution in [3.63, 3.8) is 0 Å². The van der Waals surface area contributed by atoms with Crippen molar-refractivity contribution in [3.8, 4) is 11.8 Å². The van der Waals surface area contributed by atoms with Gasteiger partial charge in [0.25, 0.3) is 5.69 Å². The van der Waals surface area contributed by atoms with E-state index in [1.807, 2.05) is 13.8 Å². The van der Waals surface area contributed by atoms with Gasteiger partial charge >= 0.3 is 0 Å². The van der Waals surface area contributed by atoms with Crippen molar-refractivity contribution in [1.29, 1.82) is 5.26 Å². The van der Waals surface area contributed by atoms with E-state index in [0.29, 0.717) is 12.4 Å². The van der Waals surface area contributed by atoms with Gasteiger partial charge in [0.2, 0.25) is 0 Å². The van der Waals surface area contributed by atoms with Gasteiger partial charge in [-0.05, 0) is 38.8 Å². The summed E-state index contributed by atoms with van der Waals surface area (Å²) in [6.45, 7) is 5.10. The van der Waals surface area contributed by atoms with Crippen molar-refractivity contribution in [2.24, 2.45) is 0 Å². The summed E-state index contributed by atoms with van der Waals surface area (Å²) < 4.78 is 5.50. The summed E-state index contributed by atoms with van der Waals surface area (Å²) in [6, 6.07) is 8.43. The fraction of sp³-hybridized carbons (Fsp3) is 0.533. The molecule has 0 radical (unpaired) electrons. The number of hydrogen-bond acceptors (Lipinski definition) is 5. The van der Waals surface area contributed by atoms with E-state index >= 15 is 0 Å². The quantitative estimate of drug-likeness (QED) is 0.429. The summed E-state index contributed by atoms with van der Waals surface area (Å²) in [5.74, 6) is 0.499. The maximum Gasteiger partial charge on any atom is 0.273 e. The predicted molar refractivity (Wildman–Crippen MR) is 80.1 cm³/mol. The van der Waals surface area contributed by atoms with E-state index in [1.165, 1.54) is 12.1 Å². The van der Waals surface area contributed by atoms with Gasteiger partial charge in [0.1, 0.15) is 11.3 Å². The maximum atomic E-state index is 10.6. The molecular formula is C15H21N3O3. The molecule has 1 atom stereocenters. The molecule has 0 fully saturated rings. The van der Waals surface area contributed by atoms with E-state index in [-0.39, 0.29) is 5.69 Å². The summed E-state index contributed by atoms with van der Waals surface area (Å²) in [5, 5.41) is 22.9. The Morgan fingerprint density at radius 1 is 1.48 bits per heavy atom. The molecule has 0 aliphatic heterocycles. The second-order valence-electron chi connectivity index (χ2n) is 5.03. The third-order valence-electron chi connectivity index (χ3n) is 3.18. The highest BCUT2D eigenvalue weighted by Gasteiger charge is 2.21. The summed E-state index contributed by atoms with van der Waals surface area (Å²) in [6.07, 6.45) is 2.40. The number of non-ortho nitro benzene ring substituents is 1. The van der Waals surface area contributed by atoms with Crippen LogP contribution in [0, 0.1) is 21.4 Å². The molecule has 114 valence electrons. The smallest absolute Gasteiger partial charge is 0.273 e. The number of nitrogens with zero attached hydrogens (tertiary/aromatic N) is 2. The lowest BCUT2D eigenvalue weighted by atomic mass is 9.97. The number of rotatable bonds is 9. The molecule has 0 saturated carbocycles. The van der Waals surface area contributed by atoms with Crippen molar-refractivity contribution < 1.29 is 9.66 Å². The molecule has 6 nitrogen and oxygen atoms in total. The molecule has 1 rings (SSSR count). The number of nitrogens with one attached hydrogen (secondary N) is 1. The van der Waals surface area contributed by atoms with Gasteiger partial charge in [0.05, 0.1) is 23.7 Å². The number of ether oxygens (including phenoxy) is 1. The Kier molecular flexibility index (Phi) is 6.63. The molecule has 1 aromatic carbocycles. The molecule has 0 aliphatic rings. The van der Waals surface area contributed by atoms with Gasteiger partial charge in [-0.2, -0.15) is 5.26 Å². The first-order valence-electron chi connectivity index (χ1n) is 7.04. The van der Waals surface area contributed by atoms with Gasteiger partial charge in [-0.3, -0.25) is 15.4 Å². The Morgan fingerprint density at radius 2 is 2.24 bits per heavy atom. The predicted octanol–water partition coefficient (Wildman–Crippen LogP) is 3.04. The minimum absolute atomic E-state index is 0.0247. The Bertz CT molecular complexity index is 513. The lowest BCUT2D eigenvalue weighted by Gasteiger charge is -2.22. The van der Waals surface area contributed by atoms with Crippen molar-refractivity contribution in [1.82, 2.24) is 5.32 Å². The number of hydrogen-bond donors (Lipinski definition) is 1. The van der Waals surface area contributed by atoms with Crippen molar-refractivity contribution in [2.75, 3.05) is 13.2 Å². The zero-order valence-corrected chi connectivity index (χ0v) is 12.5. The number of nitro groups is 1. The first kappa shape index (κ1) is 16.9. The van der Waals surface area contributed by atoms with Gasteiger partial charge in [-0.1, -0.05) is 13.0 Å². The molecule has 6 heteroatoms. The Morgan fingerprint density at radius 3 is 2.86 bits per heavy atom. The normalized spacial score (nSPS) is 13.2. The zero-order chi connectivity index (χ0) is 15.7. The Labute approximate surface area is 124 Å². The zero-order valence-electron chi connectivity index (χ0n) is 12.5. The molecule has 0 heterocycles. The highest BCUT2D eigenvalue weighted by Crippen LogP contribution is 2.19. The molecular weight excluding hydrogens is 270 g/mol. The van der Waals surface area contributed by atoms with Crippen LogP contribution in [0.25, 0.3) is 0 Å². The van der Waals surface area contributed by atoms with Gasteiger partial charge < -0.3 is 4.74 Å². The summed E-state index contributed by atoms with van der Waals surface area (Å²) in [4.78, 5) is 10.2. The van der Waals surface area contributed by atoms with Crippen molar-refractivity contribution >= 4 is 5.69 Å². The second-order valence-corrected chi connectivity index (χ2v) is 5.03. The van der Waals surface area contributed by atoms with Crippen LogP contribution in [0.1, 0.15) is 33.1 Å². The van der Waals surface area contributed by atoms with Gasteiger partial charge in [0.15, 0.2) is 0 Å². The van der Waals surface area contributed by atoms with Crippen LogP contribution < -0.4 is 10.1 Å². The topological polar surface area (TPSA) is 88.2 Å². The van der Waals surface area contributed by atoms with E-state index in [0.717, 1.165) is 25.8 Å². The van der Waals surface area contributed by atoms with Gasteiger partial charge in [-0.15, -0.1) is 0 Å². The Balaban J connectivity index is 2.33. The maximum absolute atomic E-state index is 10.6. The van der Waals surface area contributed by atoms with Gasteiger partial charge in [0, 0.05) is 6.07 Å². The molecule has 0 aliphatic carbocycles. The van der Waals surface area contributed by atoms with Crippen LogP contribution in [0.2, 0.25) is 0 Å². The highest BCUT2D eigenvalue weighted by atomic mass is 16.6. The first-order valence-corrected chi connectivity index (χ1v) is 7.04. The molecule has 1 N–H and O–H groups in total. The molecule has 1 unspecified atom stereocenters. The lowest BCUT2D eigenvalue weighted by molar-refractivity contribution is -0.384. The number of benzene rings is 1. The van der Waals surface area contributed by atoms with Crippen LogP contribution in [-0.4, -0.2) is 23.6 Å². The van der Waals surface area contributed by atoms with Gasteiger partial charge in [-0.25, -0.2) is 0 Å². The van der Waals surface area contributed by atoms with Crippen LogP contribution in [0.3, 0.4) is 0 Å². The fourth-order valence-electron chi connectivity index (χ4n) is 2.03. The highest BCUT2D eigenvalue weighted by molar-refractivity contribution is 5.37. The SMILES string of the molecule is CCNC(C)(C#N)CCCCOc1cccc([N+](=O)[O-])c1. The average Bonchev–Trinajstić information content (AvgIpc) is 2.47. The van der Waals surface area contributed by atoms with E-state index in [2.05, 4.69) is 11.4 Å². The van der Waals surface area contributed by atoms with Crippen LogP contribution >= 0.6 is 0 Å². The third-order valence-corrected chi connectivity index (χ3v) is 3.18. The molecule has 0 saturated heterocycles. The molecule has 0 spiro atoms. The first-order chi connectivity index (χ1) is 10.0. The van der Waals surface area contributed by atoms with Crippen LogP contribution in [0.15, 0.2) is 24.3 Å². The van der Waals surface area contributed by atoms with E-state index < -0.39 is 10.5 Å². The number of nitriles is 1. The number of nitro benzene ring substituents is 1.